The highest BCUT2D eigenvalue weighted by molar-refractivity contribution is 5.12. The van der Waals surface area contributed by atoms with Gasteiger partial charge >= 0.3 is 0 Å². The van der Waals surface area contributed by atoms with Crippen molar-refractivity contribution < 1.29 is 9.47 Å². The van der Waals surface area contributed by atoms with E-state index in [1.807, 2.05) is 13.2 Å². The molecular weight excluding hydrogens is 206 g/mol. The van der Waals surface area contributed by atoms with Crippen LogP contribution in [-0.4, -0.2) is 42.2 Å². The van der Waals surface area contributed by atoms with E-state index in [1.165, 1.54) is 12.8 Å². The number of methoxy groups -OCH3 is 1. The van der Waals surface area contributed by atoms with E-state index in [9.17, 15) is 0 Å². The second-order valence-electron chi connectivity index (χ2n) is 4.23. The summed E-state index contributed by atoms with van der Waals surface area (Å²) in [6.45, 7) is 1.42. The average Bonchev–Trinajstić information content (AvgIpc) is 3.00. The van der Waals surface area contributed by atoms with Crippen LogP contribution in [0.1, 0.15) is 12.8 Å². The van der Waals surface area contributed by atoms with Gasteiger partial charge in [0, 0.05) is 26.7 Å². The van der Waals surface area contributed by atoms with Gasteiger partial charge in [-0.2, -0.15) is 5.10 Å². The van der Waals surface area contributed by atoms with Crippen LogP contribution in [0.2, 0.25) is 0 Å². The number of nitrogens with zero attached hydrogens (tertiary/aromatic N) is 2. The Bertz CT molecular complexity index is 323. The van der Waals surface area contributed by atoms with Crippen molar-refractivity contribution in [2.75, 3.05) is 20.3 Å². The van der Waals surface area contributed by atoms with Crippen LogP contribution in [0, 0.1) is 0 Å². The lowest BCUT2D eigenvalue weighted by Crippen LogP contribution is -2.35. The minimum absolute atomic E-state index is 0.0507. The number of hydrogen-bond acceptors (Lipinski definition) is 4. The van der Waals surface area contributed by atoms with Crippen LogP contribution in [0.5, 0.6) is 5.75 Å². The second kappa shape index (κ2) is 5.32. The molecule has 1 aliphatic carbocycles. The van der Waals surface area contributed by atoms with E-state index in [0.717, 1.165) is 12.3 Å². The summed E-state index contributed by atoms with van der Waals surface area (Å²) in [6.07, 6.45) is 6.20. The van der Waals surface area contributed by atoms with E-state index in [2.05, 4.69) is 10.4 Å². The van der Waals surface area contributed by atoms with Crippen LogP contribution in [0.25, 0.3) is 0 Å². The van der Waals surface area contributed by atoms with Crippen LogP contribution >= 0.6 is 0 Å². The molecular formula is C11H19N3O2. The summed E-state index contributed by atoms with van der Waals surface area (Å²) in [5.41, 5.74) is 0. The summed E-state index contributed by atoms with van der Waals surface area (Å²) in [5.74, 6) is 0.794. The average molecular weight is 225 g/mol. The summed E-state index contributed by atoms with van der Waals surface area (Å²) in [7, 11) is 3.57. The Hall–Kier alpha value is -1.07. The van der Waals surface area contributed by atoms with E-state index in [4.69, 9.17) is 9.47 Å². The predicted octanol–water partition coefficient (Wildman–Crippen LogP) is 0.566. The molecule has 0 amide bonds. The summed E-state index contributed by atoms with van der Waals surface area (Å²) in [4.78, 5) is 0. The van der Waals surface area contributed by atoms with Crippen molar-refractivity contribution in [3.8, 4) is 5.75 Å². The fourth-order valence-electron chi connectivity index (χ4n) is 1.56. The van der Waals surface area contributed by atoms with Gasteiger partial charge in [-0.15, -0.1) is 0 Å². The fraction of sp³-hybridized carbons (Fsp3) is 0.727. The molecule has 0 spiro atoms. The van der Waals surface area contributed by atoms with Gasteiger partial charge in [0.15, 0.2) is 5.75 Å². The van der Waals surface area contributed by atoms with E-state index in [1.54, 1.807) is 18.0 Å². The molecule has 5 nitrogen and oxygen atoms in total. The zero-order valence-corrected chi connectivity index (χ0v) is 9.85. The van der Waals surface area contributed by atoms with Crippen molar-refractivity contribution in [1.82, 2.24) is 15.1 Å². The minimum atomic E-state index is 0.0507. The molecule has 0 aromatic carbocycles. The molecule has 90 valence electrons. The van der Waals surface area contributed by atoms with Gasteiger partial charge in [0.05, 0.1) is 19.0 Å². The number of nitrogens with one attached hydrogen (secondary N) is 1. The Morgan fingerprint density at radius 2 is 2.44 bits per heavy atom. The lowest BCUT2D eigenvalue weighted by atomic mass is 10.3. The summed E-state index contributed by atoms with van der Waals surface area (Å²) < 4.78 is 12.7. The number of aryl methyl sites for hydroxylation is 1. The summed E-state index contributed by atoms with van der Waals surface area (Å²) in [6, 6.07) is 0.692. The maximum absolute atomic E-state index is 5.78. The molecule has 1 saturated carbocycles. The molecule has 1 atom stereocenters. The standard InChI is InChI=1S/C11H19N3O2/c1-14-7-10(6-13-14)16-11(8-15-2)5-12-9-3-4-9/h6-7,9,11-12H,3-5,8H2,1-2H3. The van der Waals surface area contributed by atoms with Crippen molar-refractivity contribution in [2.45, 2.75) is 25.0 Å². The van der Waals surface area contributed by atoms with Crippen LogP contribution < -0.4 is 10.1 Å². The van der Waals surface area contributed by atoms with E-state index < -0.39 is 0 Å². The van der Waals surface area contributed by atoms with Gasteiger partial charge in [0.1, 0.15) is 6.10 Å². The van der Waals surface area contributed by atoms with Crippen LogP contribution in [0.3, 0.4) is 0 Å². The molecule has 0 aliphatic heterocycles. The van der Waals surface area contributed by atoms with Crippen molar-refractivity contribution in [3.05, 3.63) is 12.4 Å². The lowest BCUT2D eigenvalue weighted by molar-refractivity contribution is 0.0803. The lowest BCUT2D eigenvalue weighted by Gasteiger charge is -2.17. The Balaban J connectivity index is 1.80. The Morgan fingerprint density at radius 3 is 3.00 bits per heavy atom. The van der Waals surface area contributed by atoms with Crippen LogP contribution in [0.4, 0.5) is 0 Å². The Labute approximate surface area is 95.7 Å². The highest BCUT2D eigenvalue weighted by Crippen LogP contribution is 2.18. The molecule has 1 heterocycles. The van der Waals surface area contributed by atoms with Crippen molar-refractivity contribution in [2.24, 2.45) is 7.05 Å². The predicted molar refractivity (Wildman–Crippen MR) is 60.5 cm³/mol. The van der Waals surface area contributed by atoms with Crippen molar-refractivity contribution in [1.29, 1.82) is 0 Å². The number of rotatable bonds is 7. The Morgan fingerprint density at radius 1 is 1.62 bits per heavy atom. The largest absolute Gasteiger partial charge is 0.483 e. The smallest absolute Gasteiger partial charge is 0.157 e. The third-order valence-electron chi connectivity index (χ3n) is 2.55. The molecule has 1 aromatic heterocycles. The van der Waals surface area contributed by atoms with Gasteiger partial charge in [0.25, 0.3) is 0 Å². The monoisotopic (exact) mass is 225 g/mol. The summed E-state index contributed by atoms with van der Waals surface area (Å²) >= 11 is 0. The third kappa shape index (κ3) is 3.50. The first-order valence-corrected chi connectivity index (χ1v) is 5.65. The number of hydrogen-bond donors (Lipinski definition) is 1. The van der Waals surface area contributed by atoms with Gasteiger partial charge in [-0.05, 0) is 12.8 Å². The zero-order valence-electron chi connectivity index (χ0n) is 9.85. The fourth-order valence-corrected chi connectivity index (χ4v) is 1.56. The molecule has 1 aliphatic rings. The zero-order chi connectivity index (χ0) is 11.4. The number of aromatic nitrogens is 2. The SMILES string of the molecule is COCC(CNC1CC1)Oc1cnn(C)c1. The van der Waals surface area contributed by atoms with Crippen LogP contribution in [-0.2, 0) is 11.8 Å². The van der Waals surface area contributed by atoms with Gasteiger partial charge in [0.2, 0.25) is 0 Å². The van der Waals surface area contributed by atoms with E-state index in [-0.39, 0.29) is 6.10 Å². The first-order chi connectivity index (χ1) is 7.78. The second-order valence-corrected chi connectivity index (χ2v) is 4.23. The molecule has 1 N–H and O–H groups in total. The third-order valence-corrected chi connectivity index (χ3v) is 2.55. The molecule has 0 bridgehead atoms. The first-order valence-electron chi connectivity index (χ1n) is 5.65. The van der Waals surface area contributed by atoms with Gasteiger partial charge in [-0.3, -0.25) is 4.68 Å². The van der Waals surface area contributed by atoms with E-state index in [0.29, 0.717) is 12.6 Å². The van der Waals surface area contributed by atoms with Crippen molar-refractivity contribution >= 4 is 0 Å². The number of ether oxygens (including phenoxy) is 2. The molecule has 1 fully saturated rings. The highest BCUT2D eigenvalue weighted by atomic mass is 16.5. The molecule has 16 heavy (non-hydrogen) atoms. The topological polar surface area (TPSA) is 48.3 Å². The maximum Gasteiger partial charge on any atom is 0.157 e. The van der Waals surface area contributed by atoms with Gasteiger partial charge < -0.3 is 14.8 Å². The molecule has 1 unspecified atom stereocenters. The Kier molecular flexibility index (Phi) is 3.79. The molecule has 1 aromatic rings. The molecule has 2 rings (SSSR count). The van der Waals surface area contributed by atoms with Crippen LogP contribution in [0.15, 0.2) is 12.4 Å². The quantitative estimate of drug-likeness (QED) is 0.737. The minimum Gasteiger partial charge on any atom is -0.483 e. The summed E-state index contributed by atoms with van der Waals surface area (Å²) in [5, 5.41) is 7.50. The molecule has 5 heteroatoms. The molecule has 0 radical (unpaired) electrons. The first kappa shape index (κ1) is 11.4. The van der Waals surface area contributed by atoms with E-state index >= 15 is 0 Å². The van der Waals surface area contributed by atoms with Gasteiger partial charge in [-0.1, -0.05) is 0 Å². The van der Waals surface area contributed by atoms with Crippen molar-refractivity contribution in [3.63, 3.8) is 0 Å². The van der Waals surface area contributed by atoms with Gasteiger partial charge in [-0.25, -0.2) is 0 Å². The normalized spacial score (nSPS) is 17.4. The maximum atomic E-state index is 5.78. The molecule has 0 saturated heterocycles. The highest BCUT2D eigenvalue weighted by Gasteiger charge is 2.22.